The average Bonchev–Trinajstić information content (AvgIpc) is 3.06. The van der Waals surface area contributed by atoms with Crippen molar-refractivity contribution < 1.29 is 46.5 Å². The Morgan fingerprint density at radius 2 is 1.87 bits per heavy atom. The average molecular weight is 673 g/mol. The van der Waals surface area contributed by atoms with E-state index in [1.165, 1.54) is 53.7 Å². The molecule has 0 saturated heterocycles. The fraction of sp³-hybridized carbons (Fsp3) is 0.375. The van der Waals surface area contributed by atoms with Gasteiger partial charge in [0.25, 0.3) is 5.91 Å². The fourth-order valence-electron chi connectivity index (χ4n) is 5.39. The highest BCUT2D eigenvalue weighted by molar-refractivity contribution is 7.89. The number of hydrogen-bond donors (Lipinski definition) is 3. The van der Waals surface area contributed by atoms with Gasteiger partial charge in [-0.1, -0.05) is 13.0 Å². The summed E-state index contributed by atoms with van der Waals surface area (Å²) in [5, 5.41) is 15.2. The first kappa shape index (κ1) is 33.9. The molecule has 0 fully saturated rings. The molecule has 0 saturated carbocycles. The maximum atomic E-state index is 14.3. The molecular weight excluding hydrogens is 635 g/mol. The number of urea groups is 1. The first-order valence-corrected chi connectivity index (χ1v) is 16.3. The Balaban J connectivity index is 1.46. The third-order valence-electron chi connectivity index (χ3n) is 8.07. The number of nitrogens with one attached hydrogen (secondary N) is 2. The molecule has 3 N–H and O–H groups in total. The van der Waals surface area contributed by atoms with E-state index < -0.39 is 45.8 Å². The molecule has 252 valence electrons. The quantitative estimate of drug-likeness (QED) is 0.307. The molecule has 3 aromatic rings. The number of rotatable bonds is 9. The minimum Gasteiger partial charge on any atom is -0.497 e. The second-order valence-electron chi connectivity index (χ2n) is 11.4. The Hall–Kier alpha value is -4.44. The van der Waals surface area contributed by atoms with Gasteiger partial charge in [-0.25, -0.2) is 17.6 Å². The van der Waals surface area contributed by atoms with Gasteiger partial charge in [0.1, 0.15) is 17.7 Å². The Kier molecular flexibility index (Phi) is 10.2. The molecule has 15 heteroatoms. The molecule has 3 atom stereocenters. The lowest BCUT2D eigenvalue weighted by molar-refractivity contribution is -0.0160. The molecule has 3 aromatic carbocycles. The predicted molar refractivity (Wildman–Crippen MR) is 170 cm³/mol. The molecule has 0 spiro atoms. The van der Waals surface area contributed by atoms with Crippen LogP contribution in [0.25, 0.3) is 0 Å². The first-order valence-electron chi connectivity index (χ1n) is 14.9. The molecule has 3 amide bonds. The van der Waals surface area contributed by atoms with Gasteiger partial charge in [-0.15, -0.1) is 0 Å². The lowest BCUT2D eigenvalue weighted by Crippen LogP contribution is -2.50. The number of hydrogen-bond acceptors (Lipinski definition) is 9. The summed E-state index contributed by atoms with van der Waals surface area (Å²) < 4.78 is 64.8. The number of carbonyl (C=O) groups excluding carboxylic acids is 2. The molecule has 2 heterocycles. The van der Waals surface area contributed by atoms with E-state index in [1.54, 1.807) is 25.1 Å². The number of likely N-dealkylation sites (N-methyl/N-ethyl adjacent to an activating group) is 1. The van der Waals surface area contributed by atoms with E-state index >= 15 is 0 Å². The lowest BCUT2D eigenvalue weighted by Gasteiger charge is -2.38. The van der Waals surface area contributed by atoms with Crippen LogP contribution in [0.1, 0.15) is 29.8 Å². The van der Waals surface area contributed by atoms with E-state index in [9.17, 15) is 27.5 Å². The second-order valence-corrected chi connectivity index (χ2v) is 13.4. The van der Waals surface area contributed by atoms with Crippen LogP contribution in [0.4, 0.5) is 20.6 Å². The van der Waals surface area contributed by atoms with E-state index in [2.05, 4.69) is 10.6 Å². The van der Waals surface area contributed by atoms with Gasteiger partial charge in [0.2, 0.25) is 10.0 Å². The van der Waals surface area contributed by atoms with Gasteiger partial charge < -0.3 is 39.6 Å². The summed E-state index contributed by atoms with van der Waals surface area (Å²) in [4.78, 5) is 28.6. The molecule has 47 heavy (non-hydrogen) atoms. The summed E-state index contributed by atoms with van der Waals surface area (Å²) in [7, 11) is -1.05. The zero-order valence-corrected chi connectivity index (χ0v) is 27.2. The highest BCUT2D eigenvalue weighted by Gasteiger charge is 2.36. The summed E-state index contributed by atoms with van der Waals surface area (Å²) in [5.74, 6) is -0.675. The monoisotopic (exact) mass is 672 g/mol. The molecule has 2 aliphatic heterocycles. The van der Waals surface area contributed by atoms with Gasteiger partial charge in [-0.2, -0.15) is 4.31 Å². The van der Waals surface area contributed by atoms with Crippen LogP contribution in [-0.4, -0.2) is 87.5 Å². The van der Waals surface area contributed by atoms with Crippen LogP contribution in [0.15, 0.2) is 59.5 Å². The van der Waals surface area contributed by atoms with Gasteiger partial charge in [0.15, 0.2) is 18.3 Å². The molecule has 2 aliphatic rings. The van der Waals surface area contributed by atoms with E-state index in [0.717, 1.165) is 6.07 Å². The van der Waals surface area contributed by atoms with Crippen LogP contribution >= 0.6 is 0 Å². The van der Waals surface area contributed by atoms with Crippen molar-refractivity contribution in [2.45, 2.75) is 37.5 Å². The number of ether oxygens (including phenoxy) is 4. The number of amides is 3. The minimum absolute atomic E-state index is 0.0144. The van der Waals surface area contributed by atoms with Crippen LogP contribution in [0.2, 0.25) is 0 Å². The number of para-hydroxylation sites is 1. The van der Waals surface area contributed by atoms with E-state index in [1.807, 2.05) is 6.92 Å². The SMILES string of the molecule is COc1ccc(S(=O)(=O)N(C)C[C@@H]2Oc3c(NC(=O)Nc4cc(F)cc5c4OCOC5)cccc3C(=O)N([C@@H](C)CO)C[C@H]2C)cc1. The van der Waals surface area contributed by atoms with E-state index in [4.69, 9.17) is 18.9 Å². The molecule has 0 unspecified atom stereocenters. The fourth-order valence-corrected chi connectivity index (χ4v) is 6.57. The molecular formula is C32H37FN4O9S. The highest BCUT2D eigenvalue weighted by Crippen LogP contribution is 2.37. The van der Waals surface area contributed by atoms with Crippen LogP contribution in [-0.2, 0) is 21.4 Å². The second kappa shape index (κ2) is 14.1. The minimum atomic E-state index is -3.96. The maximum Gasteiger partial charge on any atom is 0.323 e. The van der Waals surface area contributed by atoms with Crippen molar-refractivity contribution in [2.75, 3.05) is 51.3 Å². The van der Waals surface area contributed by atoms with E-state index in [-0.39, 0.29) is 66.4 Å². The normalized spacial score (nSPS) is 18.5. The summed E-state index contributed by atoms with van der Waals surface area (Å²) in [6.07, 6.45) is -0.803. The van der Waals surface area contributed by atoms with Crippen LogP contribution in [0.5, 0.6) is 17.2 Å². The molecule has 0 bridgehead atoms. The Morgan fingerprint density at radius 3 is 2.57 bits per heavy atom. The maximum absolute atomic E-state index is 14.3. The predicted octanol–water partition coefficient (Wildman–Crippen LogP) is 3.89. The lowest BCUT2D eigenvalue weighted by atomic mass is 9.99. The molecule has 0 aliphatic carbocycles. The number of methoxy groups -OCH3 is 1. The Bertz CT molecular complexity index is 1740. The van der Waals surface area contributed by atoms with Gasteiger partial charge >= 0.3 is 6.03 Å². The van der Waals surface area contributed by atoms with Crippen LogP contribution in [0, 0.1) is 11.7 Å². The Labute approximate surface area is 272 Å². The van der Waals surface area contributed by atoms with Crippen molar-refractivity contribution in [3.05, 3.63) is 71.5 Å². The van der Waals surface area contributed by atoms with Crippen molar-refractivity contribution in [3.63, 3.8) is 0 Å². The zero-order chi connectivity index (χ0) is 33.9. The van der Waals surface area contributed by atoms with Gasteiger partial charge in [-0.3, -0.25) is 4.79 Å². The first-order chi connectivity index (χ1) is 22.4. The summed E-state index contributed by atoms with van der Waals surface area (Å²) in [5.41, 5.74) is 0.717. The summed E-state index contributed by atoms with van der Waals surface area (Å²) >= 11 is 0. The van der Waals surface area contributed by atoms with Gasteiger partial charge in [0.05, 0.1) is 54.7 Å². The van der Waals surface area contributed by atoms with Crippen molar-refractivity contribution in [3.8, 4) is 17.2 Å². The summed E-state index contributed by atoms with van der Waals surface area (Å²) in [6.45, 7) is 3.29. The largest absolute Gasteiger partial charge is 0.497 e. The van der Waals surface area contributed by atoms with Gasteiger partial charge in [-0.05, 0) is 49.4 Å². The van der Waals surface area contributed by atoms with Crippen LogP contribution in [0.3, 0.4) is 0 Å². The van der Waals surface area contributed by atoms with Crippen molar-refractivity contribution in [2.24, 2.45) is 5.92 Å². The highest BCUT2D eigenvalue weighted by atomic mass is 32.2. The smallest absolute Gasteiger partial charge is 0.323 e. The number of fused-ring (bicyclic) bond motifs is 2. The number of anilines is 2. The number of aliphatic hydroxyl groups excluding tert-OH is 1. The molecule has 13 nitrogen and oxygen atoms in total. The third kappa shape index (κ3) is 7.27. The number of benzene rings is 3. The van der Waals surface area contributed by atoms with Crippen molar-refractivity contribution in [1.82, 2.24) is 9.21 Å². The standard InChI is InChI=1S/C32H37FN4O9S/c1-19-14-37(20(2)16-38)31(39)25-6-5-7-26(34-32(40)35-27-13-22(33)12-21-17-44-18-45-29(21)27)30(25)46-28(19)15-36(3)47(41,42)24-10-8-23(43-4)9-11-24/h5-13,19-20,28,38H,14-18H2,1-4H3,(H2,34,35,40)/t19-,20+,28+/m1/s1. The number of sulfonamides is 1. The topological polar surface area (TPSA) is 156 Å². The molecule has 0 radical (unpaired) electrons. The summed E-state index contributed by atoms with van der Waals surface area (Å²) in [6, 6.07) is 11.6. The van der Waals surface area contributed by atoms with Crippen molar-refractivity contribution in [1.29, 1.82) is 0 Å². The van der Waals surface area contributed by atoms with Gasteiger partial charge in [0, 0.05) is 31.1 Å². The Morgan fingerprint density at radius 1 is 1.15 bits per heavy atom. The number of aliphatic hydroxyl groups is 1. The zero-order valence-electron chi connectivity index (χ0n) is 26.4. The molecule has 0 aromatic heterocycles. The van der Waals surface area contributed by atoms with Crippen molar-refractivity contribution >= 4 is 33.3 Å². The van der Waals surface area contributed by atoms with Crippen LogP contribution < -0.4 is 24.8 Å². The van der Waals surface area contributed by atoms with E-state index in [0.29, 0.717) is 11.3 Å². The third-order valence-corrected chi connectivity index (χ3v) is 9.90. The molecule has 5 rings (SSSR count). The number of carbonyl (C=O) groups is 2. The number of halogens is 1. The number of nitrogens with zero attached hydrogens (tertiary/aromatic N) is 2.